The van der Waals surface area contributed by atoms with Crippen molar-refractivity contribution in [1.82, 2.24) is 9.80 Å². The minimum atomic E-state index is -0.659. The molecule has 2 aromatic carbocycles. The number of carbonyl (C=O) groups is 2. The molecule has 1 saturated heterocycles. The first kappa shape index (κ1) is 23.5. The first-order valence-corrected chi connectivity index (χ1v) is 10.9. The molecule has 1 fully saturated rings. The summed E-state index contributed by atoms with van der Waals surface area (Å²) in [4.78, 5) is 29.7. The summed E-state index contributed by atoms with van der Waals surface area (Å²) in [5.41, 5.74) is 2.54. The molecule has 0 radical (unpaired) electrons. The number of aliphatic hydroxyl groups excluding tert-OH is 1. The van der Waals surface area contributed by atoms with E-state index in [1.807, 2.05) is 43.3 Å². The van der Waals surface area contributed by atoms with E-state index in [0.717, 1.165) is 18.5 Å². The van der Waals surface area contributed by atoms with Gasteiger partial charge in [-0.15, -0.1) is 0 Å². The molecule has 0 saturated carbocycles. The molecule has 0 spiro atoms. The summed E-state index contributed by atoms with van der Waals surface area (Å²) in [5, 5.41) is 11.2. The number of Topliss-reactive ketones (excluding diaryl/α,β-unsaturated/α-hetero) is 1. The molecule has 6 heteroatoms. The molecule has 32 heavy (non-hydrogen) atoms. The Morgan fingerprint density at radius 1 is 1.12 bits per heavy atom. The highest BCUT2D eigenvalue weighted by atomic mass is 16.5. The molecule has 1 heterocycles. The third-order valence-electron chi connectivity index (χ3n) is 5.81. The summed E-state index contributed by atoms with van der Waals surface area (Å²) in [7, 11) is 5.48. The summed E-state index contributed by atoms with van der Waals surface area (Å²) in [6.45, 7) is 5.45. The predicted molar refractivity (Wildman–Crippen MR) is 126 cm³/mol. The zero-order valence-corrected chi connectivity index (χ0v) is 19.5. The number of benzene rings is 2. The van der Waals surface area contributed by atoms with Gasteiger partial charge in [0.05, 0.1) is 18.7 Å². The van der Waals surface area contributed by atoms with Gasteiger partial charge in [-0.25, -0.2) is 0 Å². The fraction of sp³-hybridized carbons (Fsp3) is 0.385. The maximum Gasteiger partial charge on any atom is 0.295 e. The van der Waals surface area contributed by atoms with Gasteiger partial charge in [-0.05, 0) is 56.2 Å². The fourth-order valence-corrected chi connectivity index (χ4v) is 4.00. The number of aliphatic hydroxyl groups is 1. The van der Waals surface area contributed by atoms with Crippen molar-refractivity contribution < 1.29 is 19.4 Å². The Balaban J connectivity index is 2.09. The SMILES string of the molecule is COc1cccc(/C(O)=C2\C(=O)C(=O)N(CCCN(C)C)[C@@H]2c2ccc(C(C)C)cc2)c1. The lowest BCUT2D eigenvalue weighted by Crippen LogP contribution is -2.32. The van der Waals surface area contributed by atoms with Gasteiger partial charge in [-0.3, -0.25) is 9.59 Å². The molecule has 2 aromatic rings. The second-order valence-corrected chi connectivity index (χ2v) is 8.70. The quantitative estimate of drug-likeness (QED) is 0.382. The van der Waals surface area contributed by atoms with Crippen LogP contribution in [0.15, 0.2) is 54.1 Å². The van der Waals surface area contributed by atoms with Crippen molar-refractivity contribution in [1.29, 1.82) is 0 Å². The highest BCUT2D eigenvalue weighted by molar-refractivity contribution is 6.46. The highest BCUT2D eigenvalue weighted by Gasteiger charge is 2.45. The number of hydrogen-bond acceptors (Lipinski definition) is 5. The van der Waals surface area contributed by atoms with Crippen LogP contribution >= 0.6 is 0 Å². The monoisotopic (exact) mass is 436 g/mol. The van der Waals surface area contributed by atoms with E-state index in [1.165, 1.54) is 5.56 Å². The molecule has 3 rings (SSSR count). The Kier molecular flexibility index (Phi) is 7.36. The summed E-state index contributed by atoms with van der Waals surface area (Å²) in [6.07, 6.45) is 0.722. The van der Waals surface area contributed by atoms with E-state index in [4.69, 9.17) is 4.74 Å². The van der Waals surface area contributed by atoms with Crippen molar-refractivity contribution in [2.75, 3.05) is 34.3 Å². The van der Waals surface area contributed by atoms with E-state index in [-0.39, 0.29) is 11.3 Å². The molecule has 1 amide bonds. The largest absolute Gasteiger partial charge is 0.507 e. The topological polar surface area (TPSA) is 70.1 Å². The van der Waals surface area contributed by atoms with Crippen molar-refractivity contribution in [2.24, 2.45) is 0 Å². The number of likely N-dealkylation sites (tertiary alicyclic amines) is 1. The maximum atomic E-state index is 13.1. The minimum Gasteiger partial charge on any atom is -0.507 e. The number of rotatable bonds is 8. The number of amides is 1. The second-order valence-electron chi connectivity index (χ2n) is 8.70. The van der Waals surface area contributed by atoms with Crippen LogP contribution in [0.1, 0.15) is 48.9 Å². The number of nitrogens with zero attached hydrogens (tertiary/aromatic N) is 2. The van der Waals surface area contributed by atoms with E-state index < -0.39 is 17.7 Å². The average molecular weight is 437 g/mol. The van der Waals surface area contributed by atoms with Crippen molar-refractivity contribution in [3.8, 4) is 5.75 Å². The number of carbonyl (C=O) groups excluding carboxylic acids is 2. The van der Waals surface area contributed by atoms with Crippen LogP contribution in [0, 0.1) is 0 Å². The van der Waals surface area contributed by atoms with Crippen LogP contribution < -0.4 is 4.74 Å². The van der Waals surface area contributed by atoms with Crippen LogP contribution in [0.25, 0.3) is 5.76 Å². The van der Waals surface area contributed by atoms with E-state index in [1.54, 1.807) is 36.3 Å². The fourth-order valence-electron chi connectivity index (χ4n) is 4.00. The van der Waals surface area contributed by atoms with Gasteiger partial charge in [0.2, 0.25) is 0 Å². The Labute approximate surface area is 190 Å². The summed E-state index contributed by atoms with van der Waals surface area (Å²) >= 11 is 0. The average Bonchev–Trinajstić information content (AvgIpc) is 3.03. The van der Waals surface area contributed by atoms with Gasteiger partial charge < -0.3 is 19.6 Å². The molecule has 1 aliphatic rings. The van der Waals surface area contributed by atoms with Gasteiger partial charge in [-0.2, -0.15) is 0 Å². The van der Waals surface area contributed by atoms with Crippen LogP contribution in [0.2, 0.25) is 0 Å². The molecular formula is C26H32N2O4. The first-order valence-electron chi connectivity index (χ1n) is 10.9. The van der Waals surface area contributed by atoms with Crippen LogP contribution in [0.5, 0.6) is 5.75 Å². The molecule has 0 aromatic heterocycles. The van der Waals surface area contributed by atoms with Crippen molar-refractivity contribution in [3.05, 3.63) is 70.8 Å². The Hall–Kier alpha value is -3.12. The van der Waals surface area contributed by atoms with Gasteiger partial charge >= 0.3 is 0 Å². The summed E-state index contributed by atoms with van der Waals surface area (Å²) in [6, 6.07) is 14.2. The predicted octanol–water partition coefficient (Wildman–Crippen LogP) is 4.19. The molecular weight excluding hydrogens is 404 g/mol. The van der Waals surface area contributed by atoms with Crippen LogP contribution in [0.4, 0.5) is 0 Å². The molecule has 170 valence electrons. The van der Waals surface area contributed by atoms with Gasteiger partial charge in [0.15, 0.2) is 0 Å². The second kappa shape index (κ2) is 10.0. The molecule has 1 aliphatic heterocycles. The van der Waals surface area contributed by atoms with E-state index in [2.05, 4.69) is 13.8 Å². The third kappa shape index (κ3) is 4.86. The van der Waals surface area contributed by atoms with Gasteiger partial charge in [0, 0.05) is 12.1 Å². The standard InChI is InChI=1S/C26H32N2O4/c1-17(2)18-10-12-19(13-11-18)23-22(24(29)20-8-6-9-21(16-20)32-5)25(30)26(31)28(23)15-7-14-27(3)4/h6,8-13,16-17,23,29H,7,14-15H2,1-5H3/b24-22+/t23-/m1/s1. The smallest absolute Gasteiger partial charge is 0.295 e. The van der Waals surface area contributed by atoms with Crippen LogP contribution in [-0.4, -0.2) is 60.9 Å². The molecule has 0 bridgehead atoms. The van der Waals surface area contributed by atoms with Crippen LogP contribution in [-0.2, 0) is 9.59 Å². The van der Waals surface area contributed by atoms with Crippen molar-refractivity contribution in [3.63, 3.8) is 0 Å². The maximum absolute atomic E-state index is 13.1. The van der Waals surface area contributed by atoms with Crippen molar-refractivity contribution in [2.45, 2.75) is 32.2 Å². The van der Waals surface area contributed by atoms with E-state index in [9.17, 15) is 14.7 Å². The van der Waals surface area contributed by atoms with E-state index >= 15 is 0 Å². The van der Waals surface area contributed by atoms with Gasteiger partial charge in [0.1, 0.15) is 11.5 Å². The number of ketones is 1. The number of hydrogen-bond donors (Lipinski definition) is 1. The molecule has 1 N–H and O–H groups in total. The van der Waals surface area contributed by atoms with Crippen LogP contribution in [0.3, 0.4) is 0 Å². The Bertz CT molecular complexity index is 1010. The summed E-state index contributed by atoms with van der Waals surface area (Å²) in [5.74, 6) is -0.492. The zero-order valence-electron chi connectivity index (χ0n) is 19.5. The molecule has 0 aliphatic carbocycles. The Morgan fingerprint density at radius 3 is 2.41 bits per heavy atom. The third-order valence-corrected chi connectivity index (χ3v) is 5.81. The Morgan fingerprint density at radius 2 is 1.81 bits per heavy atom. The van der Waals surface area contributed by atoms with Gasteiger partial charge in [-0.1, -0.05) is 50.2 Å². The summed E-state index contributed by atoms with van der Waals surface area (Å²) < 4.78 is 5.26. The highest BCUT2D eigenvalue weighted by Crippen LogP contribution is 2.40. The zero-order chi connectivity index (χ0) is 23.4. The first-order chi connectivity index (χ1) is 15.2. The molecule has 6 nitrogen and oxygen atoms in total. The van der Waals surface area contributed by atoms with Gasteiger partial charge in [0.25, 0.3) is 11.7 Å². The normalized spacial score (nSPS) is 18.1. The minimum absolute atomic E-state index is 0.116. The molecule has 1 atom stereocenters. The lowest BCUT2D eigenvalue weighted by molar-refractivity contribution is -0.139. The number of methoxy groups -OCH3 is 1. The van der Waals surface area contributed by atoms with E-state index in [0.29, 0.717) is 23.8 Å². The molecule has 0 unspecified atom stereocenters. The van der Waals surface area contributed by atoms with Crippen molar-refractivity contribution >= 4 is 17.4 Å². The lowest BCUT2D eigenvalue weighted by Gasteiger charge is -2.26. The lowest BCUT2D eigenvalue weighted by atomic mass is 9.93. The number of ether oxygens (including phenoxy) is 1.